The van der Waals surface area contributed by atoms with Gasteiger partial charge in [0.15, 0.2) is 0 Å². The molecule has 4 bridgehead atoms. The second-order valence-corrected chi connectivity index (χ2v) is 18.6. The summed E-state index contributed by atoms with van der Waals surface area (Å²) >= 11 is 0. The standard InChI is InChI=1S/C63H45N3/c1-2-4-48(5-3-1)6-7-49-14-22-56(23-15-49)60-42-61(57-24-16-50(17-25-57)8-11-53-30-36-64-37-31-53)45-62(43-60,58-26-18-51(19-27-58)9-12-54-32-38-65-39-33-54)47-63(44-60,46-61)59-28-20-52(21-29-59)10-13-55-34-40-66-41-35-55/h1-5,14-41H,42-47H2. The van der Waals surface area contributed by atoms with Gasteiger partial charge in [0.1, 0.15) is 0 Å². The first-order valence-electron chi connectivity index (χ1n) is 22.7. The Labute approximate surface area is 388 Å². The van der Waals surface area contributed by atoms with Crippen molar-refractivity contribution in [2.45, 2.75) is 60.2 Å². The lowest BCUT2D eigenvalue weighted by atomic mass is 9.32. The molecule has 0 saturated heterocycles. The van der Waals surface area contributed by atoms with Crippen LogP contribution in [0.4, 0.5) is 0 Å². The van der Waals surface area contributed by atoms with Gasteiger partial charge in [0.05, 0.1) is 0 Å². The van der Waals surface area contributed by atoms with Crippen LogP contribution in [0.25, 0.3) is 0 Å². The summed E-state index contributed by atoms with van der Waals surface area (Å²) in [6.45, 7) is 0. The molecule has 0 aliphatic heterocycles. The zero-order valence-electron chi connectivity index (χ0n) is 36.6. The first-order chi connectivity index (χ1) is 32.5. The molecule has 0 N–H and O–H groups in total. The molecule has 312 valence electrons. The molecule has 3 heteroatoms. The highest BCUT2D eigenvalue weighted by molar-refractivity contribution is 5.54. The second kappa shape index (κ2) is 17.1. The lowest BCUT2D eigenvalue weighted by Crippen LogP contribution is -2.67. The SMILES string of the molecule is C(#Cc1ccc(C23CC4(c5ccc(C#Cc6ccncc6)cc5)CC(c5ccc(C#Cc6ccncc6)cc5)(C2)CC(c2ccc(C#Cc5ccncc5)cc2)(C3)C4)cc1)c1ccccc1. The first kappa shape index (κ1) is 40.6. The number of hydrogen-bond donors (Lipinski definition) is 0. The summed E-state index contributed by atoms with van der Waals surface area (Å²) in [7, 11) is 0. The Kier molecular flexibility index (Phi) is 10.5. The van der Waals surface area contributed by atoms with E-state index in [0.29, 0.717) is 0 Å². The van der Waals surface area contributed by atoms with E-state index in [-0.39, 0.29) is 21.7 Å². The van der Waals surface area contributed by atoms with Gasteiger partial charge >= 0.3 is 0 Å². The molecule has 4 aliphatic carbocycles. The van der Waals surface area contributed by atoms with Gasteiger partial charge in [-0.25, -0.2) is 0 Å². The van der Waals surface area contributed by atoms with Gasteiger partial charge < -0.3 is 0 Å². The third kappa shape index (κ3) is 8.10. The van der Waals surface area contributed by atoms with E-state index >= 15 is 0 Å². The summed E-state index contributed by atoms with van der Waals surface area (Å²) < 4.78 is 0. The van der Waals surface area contributed by atoms with Gasteiger partial charge in [0, 0.05) is 81.7 Å². The lowest BCUT2D eigenvalue weighted by Gasteiger charge is -2.71. The molecule has 4 aliphatic rings. The molecular formula is C63H45N3. The van der Waals surface area contributed by atoms with Crippen LogP contribution in [0.2, 0.25) is 0 Å². The van der Waals surface area contributed by atoms with Crippen LogP contribution in [0.1, 0.15) is 105 Å². The van der Waals surface area contributed by atoms with Gasteiger partial charge in [-0.2, -0.15) is 0 Å². The highest BCUT2D eigenvalue weighted by Gasteiger charge is 2.69. The molecule has 0 radical (unpaired) electrons. The lowest BCUT2D eigenvalue weighted by molar-refractivity contribution is -0.0691. The van der Waals surface area contributed by atoms with Crippen molar-refractivity contribution >= 4 is 0 Å². The zero-order chi connectivity index (χ0) is 44.3. The molecule has 12 rings (SSSR count). The number of rotatable bonds is 4. The summed E-state index contributed by atoms with van der Waals surface area (Å²) in [6.07, 6.45) is 17.2. The Morgan fingerprint density at radius 2 is 0.424 bits per heavy atom. The molecule has 66 heavy (non-hydrogen) atoms. The summed E-state index contributed by atoms with van der Waals surface area (Å²) in [5.74, 6) is 27.1. The Morgan fingerprint density at radius 1 is 0.227 bits per heavy atom. The van der Waals surface area contributed by atoms with Crippen LogP contribution in [-0.2, 0) is 21.7 Å². The zero-order valence-corrected chi connectivity index (χ0v) is 36.6. The van der Waals surface area contributed by atoms with Gasteiger partial charge in [-0.3, -0.25) is 15.0 Å². The summed E-state index contributed by atoms with van der Waals surface area (Å²) in [4.78, 5) is 12.5. The van der Waals surface area contributed by atoms with Crippen molar-refractivity contribution < 1.29 is 0 Å². The quantitative estimate of drug-likeness (QED) is 0.166. The summed E-state index contributed by atoms with van der Waals surface area (Å²) in [5, 5.41) is 0. The molecule has 8 aromatic rings. The fourth-order valence-corrected chi connectivity index (χ4v) is 11.9. The fourth-order valence-electron chi connectivity index (χ4n) is 11.9. The minimum atomic E-state index is -0.1000. The molecule has 0 amide bonds. The molecule has 4 fully saturated rings. The van der Waals surface area contributed by atoms with E-state index in [1.165, 1.54) is 22.3 Å². The van der Waals surface area contributed by atoms with Gasteiger partial charge in [-0.05, 0) is 180 Å². The van der Waals surface area contributed by atoms with E-state index in [2.05, 4.69) is 172 Å². The van der Waals surface area contributed by atoms with Crippen molar-refractivity contribution in [3.05, 3.63) is 268 Å². The van der Waals surface area contributed by atoms with Gasteiger partial charge in [0.2, 0.25) is 0 Å². The van der Waals surface area contributed by atoms with E-state index < -0.39 is 0 Å². The number of pyridine rings is 3. The largest absolute Gasteiger partial charge is 0.265 e. The van der Waals surface area contributed by atoms with Gasteiger partial charge in [0.25, 0.3) is 0 Å². The number of aromatic nitrogens is 3. The van der Waals surface area contributed by atoms with Crippen molar-refractivity contribution in [3.8, 4) is 47.4 Å². The van der Waals surface area contributed by atoms with Crippen LogP contribution in [-0.4, -0.2) is 15.0 Å². The smallest absolute Gasteiger partial charge is 0.0280 e. The average molecular weight is 844 g/mol. The van der Waals surface area contributed by atoms with E-state index in [1.54, 1.807) is 37.2 Å². The third-order valence-electron chi connectivity index (χ3n) is 14.3. The normalized spacial score (nSPS) is 21.9. The molecular weight excluding hydrogens is 799 g/mol. The van der Waals surface area contributed by atoms with Crippen LogP contribution >= 0.6 is 0 Å². The topological polar surface area (TPSA) is 38.7 Å². The maximum atomic E-state index is 4.17. The van der Waals surface area contributed by atoms with E-state index in [9.17, 15) is 0 Å². The predicted molar refractivity (Wildman–Crippen MR) is 263 cm³/mol. The highest BCUT2D eigenvalue weighted by atomic mass is 14.7. The van der Waals surface area contributed by atoms with Crippen LogP contribution in [0.5, 0.6) is 0 Å². The molecule has 0 spiro atoms. The Hall–Kier alpha value is -8.21. The van der Waals surface area contributed by atoms with E-state index in [0.717, 1.165) is 83.0 Å². The molecule has 3 aromatic heterocycles. The van der Waals surface area contributed by atoms with Crippen LogP contribution in [0.3, 0.4) is 0 Å². The minimum absolute atomic E-state index is 0.0976. The van der Waals surface area contributed by atoms with Crippen LogP contribution in [0, 0.1) is 47.4 Å². The maximum Gasteiger partial charge on any atom is 0.0280 e. The Balaban J connectivity index is 1.04. The number of benzene rings is 5. The molecule has 3 nitrogen and oxygen atoms in total. The Morgan fingerprint density at radius 3 is 0.652 bits per heavy atom. The van der Waals surface area contributed by atoms with Gasteiger partial charge in [-0.15, -0.1) is 0 Å². The molecule has 4 saturated carbocycles. The maximum absolute atomic E-state index is 4.17. The average Bonchev–Trinajstić information content (AvgIpc) is 3.37. The van der Waals surface area contributed by atoms with E-state index in [1.807, 2.05) is 54.6 Å². The Bertz CT molecular complexity index is 2790. The van der Waals surface area contributed by atoms with Crippen molar-refractivity contribution in [2.24, 2.45) is 0 Å². The molecule has 0 atom stereocenters. The number of hydrogen-bond acceptors (Lipinski definition) is 3. The molecule has 3 heterocycles. The third-order valence-corrected chi connectivity index (χ3v) is 14.3. The number of nitrogens with zero attached hydrogens (tertiary/aromatic N) is 3. The van der Waals surface area contributed by atoms with Crippen LogP contribution < -0.4 is 0 Å². The van der Waals surface area contributed by atoms with Crippen molar-refractivity contribution in [1.29, 1.82) is 0 Å². The summed E-state index contributed by atoms with van der Waals surface area (Å²) in [5.41, 5.74) is 13.2. The fraction of sp³-hybridized carbons (Fsp3) is 0.159. The molecule has 0 unspecified atom stereocenters. The highest BCUT2D eigenvalue weighted by Crippen LogP contribution is 2.74. The summed E-state index contributed by atoms with van der Waals surface area (Å²) in [6, 6.07) is 59.0. The van der Waals surface area contributed by atoms with Crippen molar-refractivity contribution in [3.63, 3.8) is 0 Å². The van der Waals surface area contributed by atoms with E-state index in [4.69, 9.17) is 0 Å². The van der Waals surface area contributed by atoms with Crippen molar-refractivity contribution in [2.75, 3.05) is 0 Å². The van der Waals surface area contributed by atoms with Crippen LogP contribution in [0.15, 0.2) is 201 Å². The monoisotopic (exact) mass is 843 g/mol. The first-order valence-corrected chi connectivity index (χ1v) is 22.7. The van der Waals surface area contributed by atoms with Crippen molar-refractivity contribution in [1.82, 2.24) is 15.0 Å². The minimum Gasteiger partial charge on any atom is -0.265 e. The predicted octanol–water partition coefficient (Wildman–Crippen LogP) is 11.9. The molecule has 5 aromatic carbocycles. The second-order valence-electron chi connectivity index (χ2n) is 18.6. The van der Waals surface area contributed by atoms with Gasteiger partial charge in [-0.1, -0.05) is 114 Å².